The van der Waals surface area contributed by atoms with Crippen LogP contribution in [0.5, 0.6) is 0 Å². The number of hydrogen-bond acceptors (Lipinski definition) is 3. The number of urea groups is 1. The zero-order valence-electron chi connectivity index (χ0n) is 12.5. The minimum atomic E-state index is -0.697. The summed E-state index contributed by atoms with van der Waals surface area (Å²) in [6.07, 6.45) is 6.90. The molecule has 1 unspecified atom stereocenters. The molecule has 0 spiro atoms. The van der Waals surface area contributed by atoms with Gasteiger partial charge in [-0.05, 0) is 38.5 Å². The lowest BCUT2D eigenvalue weighted by atomic mass is 9.85. The Morgan fingerprint density at radius 2 is 1.95 bits per heavy atom. The van der Waals surface area contributed by atoms with Crippen molar-refractivity contribution in [3.05, 3.63) is 0 Å². The smallest absolute Gasteiger partial charge is 0.315 e. The minimum absolute atomic E-state index is 0.153. The number of carbonyl (C=O) groups is 1. The third kappa shape index (κ3) is 4.63. The van der Waals surface area contributed by atoms with Crippen molar-refractivity contribution < 1.29 is 14.6 Å². The largest absolute Gasteiger partial charge is 0.388 e. The molecule has 1 atom stereocenters. The van der Waals surface area contributed by atoms with Crippen LogP contribution in [0.2, 0.25) is 0 Å². The van der Waals surface area contributed by atoms with E-state index in [1.165, 1.54) is 6.42 Å². The van der Waals surface area contributed by atoms with Gasteiger partial charge in [0, 0.05) is 25.8 Å². The van der Waals surface area contributed by atoms with Gasteiger partial charge in [0.25, 0.3) is 0 Å². The zero-order chi connectivity index (χ0) is 14.4. The van der Waals surface area contributed by atoms with Gasteiger partial charge in [0.15, 0.2) is 0 Å². The predicted octanol–water partition coefficient (Wildman–Crippen LogP) is 1.80. The van der Waals surface area contributed by atoms with Crippen molar-refractivity contribution in [3.8, 4) is 0 Å². The highest BCUT2D eigenvalue weighted by Gasteiger charge is 2.30. The first-order chi connectivity index (χ1) is 9.59. The van der Waals surface area contributed by atoms with E-state index in [9.17, 15) is 9.90 Å². The number of hydrogen-bond donors (Lipinski definition) is 3. The van der Waals surface area contributed by atoms with Gasteiger partial charge in [0.1, 0.15) is 0 Å². The van der Waals surface area contributed by atoms with Crippen LogP contribution < -0.4 is 10.6 Å². The predicted molar refractivity (Wildman–Crippen MR) is 77.6 cm³/mol. The highest BCUT2D eigenvalue weighted by atomic mass is 16.5. The molecule has 0 radical (unpaired) electrons. The molecule has 2 rings (SSSR count). The normalized spacial score (nSPS) is 24.9. The molecule has 2 amide bonds. The van der Waals surface area contributed by atoms with Gasteiger partial charge in [0.05, 0.1) is 5.60 Å². The fourth-order valence-corrected chi connectivity index (χ4v) is 3.22. The van der Waals surface area contributed by atoms with E-state index in [1.807, 2.05) is 6.92 Å². The van der Waals surface area contributed by atoms with Crippen LogP contribution in [0.4, 0.5) is 4.79 Å². The van der Waals surface area contributed by atoms with Gasteiger partial charge in [-0.1, -0.05) is 19.3 Å². The summed E-state index contributed by atoms with van der Waals surface area (Å²) in [5.74, 6) is 0.493. The third-order valence-corrected chi connectivity index (χ3v) is 4.69. The molecule has 1 saturated carbocycles. The van der Waals surface area contributed by atoms with E-state index >= 15 is 0 Å². The molecule has 1 saturated heterocycles. The van der Waals surface area contributed by atoms with E-state index < -0.39 is 5.60 Å². The third-order valence-electron chi connectivity index (χ3n) is 4.69. The second-order valence-electron chi connectivity index (χ2n) is 6.35. The van der Waals surface area contributed by atoms with Crippen LogP contribution in [-0.4, -0.2) is 42.5 Å². The maximum Gasteiger partial charge on any atom is 0.315 e. The number of amides is 2. The summed E-state index contributed by atoms with van der Waals surface area (Å²) < 4.78 is 5.33. The van der Waals surface area contributed by atoms with Gasteiger partial charge in [0.2, 0.25) is 0 Å². The molecule has 0 bridgehead atoms. The summed E-state index contributed by atoms with van der Waals surface area (Å²) >= 11 is 0. The molecule has 0 aromatic carbocycles. The van der Waals surface area contributed by atoms with Gasteiger partial charge in [-0.3, -0.25) is 0 Å². The zero-order valence-corrected chi connectivity index (χ0v) is 12.5. The lowest BCUT2D eigenvalue weighted by Crippen LogP contribution is -2.50. The Bertz CT molecular complexity index is 310. The quantitative estimate of drug-likeness (QED) is 0.737. The van der Waals surface area contributed by atoms with Crippen molar-refractivity contribution in [2.75, 3.05) is 19.8 Å². The summed E-state index contributed by atoms with van der Waals surface area (Å²) in [7, 11) is 0. The molecule has 3 N–H and O–H groups in total. The molecule has 5 heteroatoms. The van der Waals surface area contributed by atoms with Gasteiger partial charge >= 0.3 is 6.03 Å². The highest BCUT2D eigenvalue weighted by Crippen LogP contribution is 2.27. The fourth-order valence-electron chi connectivity index (χ4n) is 3.22. The van der Waals surface area contributed by atoms with Crippen LogP contribution in [0.25, 0.3) is 0 Å². The molecule has 0 aromatic rings. The second-order valence-corrected chi connectivity index (χ2v) is 6.35. The van der Waals surface area contributed by atoms with E-state index in [0.717, 1.165) is 51.7 Å². The molecule has 5 nitrogen and oxygen atoms in total. The Balaban J connectivity index is 1.69. The Morgan fingerprint density at radius 1 is 1.30 bits per heavy atom. The van der Waals surface area contributed by atoms with Crippen LogP contribution in [0.15, 0.2) is 0 Å². The number of rotatable bonds is 4. The van der Waals surface area contributed by atoms with Crippen molar-refractivity contribution in [1.82, 2.24) is 10.6 Å². The summed E-state index contributed by atoms with van der Waals surface area (Å²) in [5.41, 5.74) is -0.697. The van der Waals surface area contributed by atoms with E-state index in [1.54, 1.807) is 0 Å². The van der Waals surface area contributed by atoms with E-state index in [4.69, 9.17) is 4.74 Å². The maximum atomic E-state index is 11.9. The van der Waals surface area contributed by atoms with Crippen molar-refractivity contribution in [3.63, 3.8) is 0 Å². The Labute approximate surface area is 121 Å². The number of nitrogens with one attached hydrogen (secondary N) is 2. The first-order valence-electron chi connectivity index (χ1n) is 7.94. The minimum Gasteiger partial charge on any atom is -0.388 e. The van der Waals surface area contributed by atoms with Crippen molar-refractivity contribution >= 4 is 6.03 Å². The van der Waals surface area contributed by atoms with Gasteiger partial charge in [-0.25, -0.2) is 4.79 Å². The summed E-state index contributed by atoms with van der Waals surface area (Å²) in [5, 5.41) is 16.2. The van der Waals surface area contributed by atoms with Crippen LogP contribution in [0.1, 0.15) is 51.9 Å². The molecule has 2 aliphatic rings. The fraction of sp³-hybridized carbons (Fsp3) is 0.933. The summed E-state index contributed by atoms with van der Waals surface area (Å²) in [6, 6.07) is -0.0112. The lowest BCUT2D eigenvalue weighted by molar-refractivity contribution is 0.00696. The maximum absolute atomic E-state index is 11.9. The van der Waals surface area contributed by atoms with Gasteiger partial charge < -0.3 is 20.5 Å². The van der Waals surface area contributed by atoms with Crippen LogP contribution >= 0.6 is 0 Å². The molecule has 20 heavy (non-hydrogen) atoms. The SMILES string of the molecule is CC(NC(=O)NCC1(O)CCCCC1)C1CCOCC1. The average Bonchev–Trinajstić information content (AvgIpc) is 2.47. The van der Waals surface area contributed by atoms with Crippen molar-refractivity contribution in [2.45, 2.75) is 63.5 Å². The average molecular weight is 284 g/mol. The molecule has 1 aliphatic carbocycles. The van der Waals surface area contributed by atoms with Gasteiger partial charge in [-0.2, -0.15) is 0 Å². The molecule has 0 aromatic heterocycles. The summed E-state index contributed by atoms with van der Waals surface area (Å²) in [4.78, 5) is 11.9. The Hall–Kier alpha value is -0.810. The van der Waals surface area contributed by atoms with E-state index in [-0.39, 0.29) is 12.1 Å². The standard InChI is InChI=1S/C15H28N2O3/c1-12(13-5-9-20-10-6-13)17-14(18)16-11-15(19)7-3-2-4-8-15/h12-13,19H,2-11H2,1H3,(H2,16,17,18). The molecule has 1 aliphatic heterocycles. The molecular weight excluding hydrogens is 256 g/mol. The van der Waals surface area contributed by atoms with E-state index in [2.05, 4.69) is 10.6 Å². The number of carbonyl (C=O) groups excluding carboxylic acids is 1. The first-order valence-corrected chi connectivity index (χ1v) is 7.94. The molecule has 2 fully saturated rings. The Kier molecular flexibility index (Phi) is 5.66. The lowest BCUT2D eigenvalue weighted by Gasteiger charge is -2.33. The van der Waals surface area contributed by atoms with Crippen molar-refractivity contribution in [1.29, 1.82) is 0 Å². The highest BCUT2D eigenvalue weighted by molar-refractivity contribution is 5.74. The van der Waals surface area contributed by atoms with E-state index in [0.29, 0.717) is 12.5 Å². The summed E-state index contributed by atoms with van der Waals surface area (Å²) in [6.45, 7) is 3.99. The van der Waals surface area contributed by atoms with Gasteiger partial charge in [-0.15, -0.1) is 0 Å². The molecule has 116 valence electrons. The molecule has 1 heterocycles. The van der Waals surface area contributed by atoms with Crippen LogP contribution in [0.3, 0.4) is 0 Å². The second kappa shape index (κ2) is 7.27. The number of ether oxygens (including phenoxy) is 1. The monoisotopic (exact) mass is 284 g/mol. The topological polar surface area (TPSA) is 70.6 Å². The first kappa shape index (κ1) is 15.6. The number of aliphatic hydroxyl groups is 1. The van der Waals surface area contributed by atoms with Crippen molar-refractivity contribution in [2.24, 2.45) is 5.92 Å². The Morgan fingerprint density at radius 3 is 2.60 bits per heavy atom. The van der Waals surface area contributed by atoms with Crippen LogP contribution in [-0.2, 0) is 4.74 Å². The van der Waals surface area contributed by atoms with Crippen LogP contribution in [0, 0.1) is 5.92 Å². The molecular formula is C15H28N2O3.